The largest absolute Gasteiger partial charge is 0.384 e. The minimum absolute atomic E-state index is 0.588. The van der Waals surface area contributed by atoms with E-state index >= 15 is 0 Å². The van der Waals surface area contributed by atoms with Crippen LogP contribution in [0.4, 0.5) is 5.69 Å². The standard InChI is InChI=1S/C10H14Cl2N2/c1-13-6-3-7-14-9-5-2-4-8(11)10(9)12/h2,4-5,13-14H,3,6-7H2,1H3. The summed E-state index contributed by atoms with van der Waals surface area (Å²) in [6.45, 7) is 1.88. The Kier molecular flexibility index (Phi) is 5.09. The molecule has 0 aliphatic rings. The highest BCUT2D eigenvalue weighted by Gasteiger charge is 2.02. The van der Waals surface area contributed by atoms with Crippen LogP contribution in [0.5, 0.6) is 0 Å². The molecule has 0 heterocycles. The molecule has 0 bridgehead atoms. The van der Waals surface area contributed by atoms with Crippen molar-refractivity contribution >= 4 is 28.9 Å². The molecule has 0 aliphatic heterocycles. The number of hydrogen-bond acceptors (Lipinski definition) is 2. The van der Waals surface area contributed by atoms with Crippen LogP contribution in [0.2, 0.25) is 10.0 Å². The molecule has 0 saturated heterocycles. The second kappa shape index (κ2) is 6.12. The maximum atomic E-state index is 6.00. The van der Waals surface area contributed by atoms with Crippen LogP contribution in [-0.4, -0.2) is 20.1 Å². The van der Waals surface area contributed by atoms with Gasteiger partial charge < -0.3 is 10.6 Å². The molecule has 4 heteroatoms. The van der Waals surface area contributed by atoms with Gasteiger partial charge in [-0.3, -0.25) is 0 Å². The summed E-state index contributed by atoms with van der Waals surface area (Å²) in [6.07, 6.45) is 1.05. The Labute approximate surface area is 94.6 Å². The molecule has 0 saturated carbocycles. The van der Waals surface area contributed by atoms with Crippen molar-refractivity contribution in [1.82, 2.24) is 5.32 Å². The number of anilines is 1. The zero-order chi connectivity index (χ0) is 10.4. The number of rotatable bonds is 5. The fourth-order valence-corrected chi connectivity index (χ4v) is 1.50. The molecule has 0 aliphatic carbocycles. The predicted octanol–water partition coefficient (Wildman–Crippen LogP) is 3.01. The summed E-state index contributed by atoms with van der Waals surface area (Å²) in [5, 5.41) is 7.50. The molecule has 0 radical (unpaired) electrons. The molecule has 0 amide bonds. The Morgan fingerprint density at radius 2 is 2.00 bits per heavy atom. The van der Waals surface area contributed by atoms with Gasteiger partial charge in [-0.2, -0.15) is 0 Å². The van der Waals surface area contributed by atoms with E-state index in [1.165, 1.54) is 0 Å². The van der Waals surface area contributed by atoms with Crippen molar-refractivity contribution < 1.29 is 0 Å². The van der Waals surface area contributed by atoms with Gasteiger partial charge in [0.2, 0.25) is 0 Å². The second-order valence-corrected chi connectivity index (χ2v) is 3.77. The van der Waals surface area contributed by atoms with Gasteiger partial charge in [-0.15, -0.1) is 0 Å². The first-order chi connectivity index (χ1) is 6.75. The third-order valence-corrected chi connectivity index (χ3v) is 2.69. The lowest BCUT2D eigenvalue weighted by Crippen LogP contribution is -2.12. The topological polar surface area (TPSA) is 24.1 Å². The highest BCUT2D eigenvalue weighted by atomic mass is 35.5. The molecule has 0 atom stereocenters. The fourth-order valence-electron chi connectivity index (χ4n) is 1.13. The van der Waals surface area contributed by atoms with Gasteiger partial charge in [-0.05, 0) is 32.1 Å². The quantitative estimate of drug-likeness (QED) is 0.764. The zero-order valence-corrected chi connectivity index (χ0v) is 9.62. The lowest BCUT2D eigenvalue weighted by atomic mass is 10.3. The predicted molar refractivity (Wildman–Crippen MR) is 63.5 cm³/mol. The van der Waals surface area contributed by atoms with E-state index in [9.17, 15) is 0 Å². The zero-order valence-electron chi connectivity index (χ0n) is 8.11. The molecule has 14 heavy (non-hydrogen) atoms. The van der Waals surface area contributed by atoms with Crippen molar-refractivity contribution in [3.05, 3.63) is 28.2 Å². The van der Waals surface area contributed by atoms with Gasteiger partial charge in [-0.25, -0.2) is 0 Å². The molecular formula is C10H14Cl2N2. The SMILES string of the molecule is CNCCCNc1cccc(Cl)c1Cl. The number of nitrogens with one attached hydrogen (secondary N) is 2. The molecule has 2 nitrogen and oxygen atoms in total. The fraction of sp³-hybridized carbons (Fsp3) is 0.400. The monoisotopic (exact) mass is 232 g/mol. The maximum Gasteiger partial charge on any atom is 0.0823 e. The second-order valence-electron chi connectivity index (χ2n) is 2.99. The summed E-state index contributed by atoms with van der Waals surface area (Å²) >= 11 is 11.9. The molecule has 2 N–H and O–H groups in total. The van der Waals surface area contributed by atoms with Crippen molar-refractivity contribution in [2.24, 2.45) is 0 Å². The van der Waals surface area contributed by atoms with E-state index in [1.807, 2.05) is 19.2 Å². The molecule has 78 valence electrons. The number of hydrogen-bond donors (Lipinski definition) is 2. The molecular weight excluding hydrogens is 219 g/mol. The summed E-state index contributed by atoms with van der Waals surface area (Å²) in [7, 11) is 1.94. The first kappa shape index (κ1) is 11.6. The molecule has 1 rings (SSSR count). The summed E-state index contributed by atoms with van der Waals surface area (Å²) in [5.41, 5.74) is 0.898. The lowest BCUT2D eigenvalue weighted by Gasteiger charge is -2.08. The van der Waals surface area contributed by atoms with Crippen molar-refractivity contribution in [3.8, 4) is 0 Å². The van der Waals surface area contributed by atoms with Gasteiger partial charge in [0.05, 0.1) is 15.7 Å². The van der Waals surface area contributed by atoms with E-state index in [4.69, 9.17) is 23.2 Å². The van der Waals surface area contributed by atoms with Crippen LogP contribution in [0.1, 0.15) is 6.42 Å². The summed E-state index contributed by atoms with van der Waals surface area (Å²) in [5.74, 6) is 0. The van der Waals surface area contributed by atoms with Crippen molar-refractivity contribution in [2.45, 2.75) is 6.42 Å². The van der Waals surface area contributed by atoms with Gasteiger partial charge in [0.1, 0.15) is 0 Å². The molecule has 1 aromatic carbocycles. The van der Waals surface area contributed by atoms with Crippen LogP contribution in [0.15, 0.2) is 18.2 Å². The molecule has 0 unspecified atom stereocenters. The smallest absolute Gasteiger partial charge is 0.0823 e. The highest BCUT2D eigenvalue weighted by molar-refractivity contribution is 6.43. The van der Waals surface area contributed by atoms with Gasteiger partial charge in [-0.1, -0.05) is 29.3 Å². The Hall–Kier alpha value is -0.440. The van der Waals surface area contributed by atoms with E-state index in [0.29, 0.717) is 10.0 Å². The molecule has 1 aromatic rings. The summed E-state index contributed by atoms with van der Waals surface area (Å²) in [4.78, 5) is 0. The Morgan fingerprint density at radius 3 is 2.71 bits per heavy atom. The van der Waals surface area contributed by atoms with Crippen LogP contribution in [0.3, 0.4) is 0 Å². The molecule has 0 fully saturated rings. The van der Waals surface area contributed by atoms with Crippen molar-refractivity contribution in [3.63, 3.8) is 0 Å². The van der Waals surface area contributed by atoms with Crippen LogP contribution >= 0.6 is 23.2 Å². The van der Waals surface area contributed by atoms with Gasteiger partial charge in [0, 0.05) is 6.54 Å². The first-order valence-corrected chi connectivity index (χ1v) is 5.34. The van der Waals surface area contributed by atoms with Crippen molar-refractivity contribution in [1.29, 1.82) is 0 Å². The van der Waals surface area contributed by atoms with Gasteiger partial charge >= 0.3 is 0 Å². The first-order valence-electron chi connectivity index (χ1n) is 4.58. The number of benzene rings is 1. The van der Waals surface area contributed by atoms with Crippen molar-refractivity contribution in [2.75, 3.05) is 25.5 Å². The average Bonchev–Trinajstić information content (AvgIpc) is 2.19. The van der Waals surface area contributed by atoms with E-state index in [1.54, 1.807) is 6.07 Å². The normalized spacial score (nSPS) is 10.2. The molecule has 0 aromatic heterocycles. The van der Waals surface area contributed by atoms with Crippen LogP contribution in [0, 0.1) is 0 Å². The number of halogens is 2. The Balaban J connectivity index is 2.46. The van der Waals surface area contributed by atoms with E-state index < -0.39 is 0 Å². The van der Waals surface area contributed by atoms with Gasteiger partial charge in [0.15, 0.2) is 0 Å². The molecule has 0 spiro atoms. The lowest BCUT2D eigenvalue weighted by molar-refractivity contribution is 0.748. The highest BCUT2D eigenvalue weighted by Crippen LogP contribution is 2.29. The van der Waals surface area contributed by atoms with E-state index in [-0.39, 0.29) is 0 Å². The van der Waals surface area contributed by atoms with Gasteiger partial charge in [0.25, 0.3) is 0 Å². The minimum Gasteiger partial charge on any atom is -0.384 e. The minimum atomic E-state index is 0.588. The van der Waals surface area contributed by atoms with Crippen LogP contribution < -0.4 is 10.6 Å². The Morgan fingerprint density at radius 1 is 1.21 bits per heavy atom. The van der Waals surface area contributed by atoms with Crippen LogP contribution in [-0.2, 0) is 0 Å². The average molecular weight is 233 g/mol. The maximum absolute atomic E-state index is 6.00. The van der Waals surface area contributed by atoms with E-state index in [2.05, 4.69) is 10.6 Å². The summed E-state index contributed by atoms with van der Waals surface area (Å²) in [6, 6.07) is 5.59. The van der Waals surface area contributed by atoms with Crippen LogP contribution in [0.25, 0.3) is 0 Å². The Bertz CT molecular complexity index is 289. The summed E-state index contributed by atoms with van der Waals surface area (Å²) < 4.78 is 0. The third-order valence-electron chi connectivity index (χ3n) is 1.87. The van der Waals surface area contributed by atoms with E-state index in [0.717, 1.165) is 25.2 Å². The third kappa shape index (κ3) is 3.37.